The number of aromatic nitrogens is 2. The summed E-state index contributed by atoms with van der Waals surface area (Å²) < 4.78 is 12.7. The van der Waals surface area contributed by atoms with Crippen molar-refractivity contribution in [2.45, 2.75) is 32.0 Å². The maximum Gasteiger partial charge on any atom is 0.251 e. The Morgan fingerprint density at radius 3 is 2.96 bits per heavy atom. The summed E-state index contributed by atoms with van der Waals surface area (Å²) in [6, 6.07) is 10.4. The normalized spacial score (nSPS) is 17.6. The van der Waals surface area contributed by atoms with Gasteiger partial charge in [0.05, 0.1) is 26.4 Å². The number of rotatable bonds is 7. The van der Waals surface area contributed by atoms with Gasteiger partial charge in [-0.1, -0.05) is 30.3 Å². The number of nitrogens with zero attached hydrogens (tertiary/aromatic N) is 2. The lowest BCUT2D eigenvalue weighted by Gasteiger charge is -2.22. The van der Waals surface area contributed by atoms with Crippen LogP contribution in [0.4, 0.5) is 0 Å². The number of carbonyl (C=O) groups is 1. The molecule has 1 aromatic heterocycles. The van der Waals surface area contributed by atoms with Gasteiger partial charge in [0.2, 0.25) is 0 Å². The molecule has 1 N–H and O–H groups in total. The summed E-state index contributed by atoms with van der Waals surface area (Å²) in [5.41, 5.74) is 1.34. The van der Waals surface area contributed by atoms with Gasteiger partial charge < -0.3 is 19.4 Å². The van der Waals surface area contributed by atoms with Crippen LogP contribution in [0.25, 0.3) is 0 Å². The highest BCUT2D eigenvalue weighted by Crippen LogP contribution is 2.06. The summed E-state index contributed by atoms with van der Waals surface area (Å²) in [6.45, 7) is 2.61. The average molecular weight is 329 g/mol. The molecule has 1 aromatic carbocycles. The predicted molar refractivity (Wildman–Crippen MR) is 89.4 cm³/mol. The van der Waals surface area contributed by atoms with E-state index in [9.17, 15) is 4.79 Å². The Morgan fingerprint density at radius 1 is 1.29 bits per heavy atom. The monoisotopic (exact) mass is 329 g/mol. The van der Waals surface area contributed by atoms with E-state index in [4.69, 9.17) is 9.47 Å². The van der Waals surface area contributed by atoms with E-state index in [0.717, 1.165) is 25.2 Å². The van der Waals surface area contributed by atoms with Crippen LogP contribution in [-0.2, 0) is 33.8 Å². The average Bonchev–Trinajstić information content (AvgIpc) is 3.09. The quantitative estimate of drug-likeness (QED) is 0.837. The molecular formula is C18H23N3O3. The van der Waals surface area contributed by atoms with Crippen LogP contribution in [0.3, 0.4) is 0 Å². The third-order valence-electron chi connectivity index (χ3n) is 4.04. The maximum atomic E-state index is 12.1. The second kappa shape index (κ2) is 8.61. The fraction of sp³-hybridized carbons (Fsp3) is 0.444. The number of nitrogens with one attached hydrogen (secondary N) is 1. The molecule has 0 spiro atoms. The first kappa shape index (κ1) is 16.7. The summed E-state index contributed by atoms with van der Waals surface area (Å²) in [7, 11) is 0. The minimum Gasteiger partial charge on any atom is -0.376 e. The van der Waals surface area contributed by atoms with E-state index in [1.807, 2.05) is 12.3 Å². The highest BCUT2D eigenvalue weighted by Gasteiger charge is 2.22. The molecule has 3 rings (SSSR count). The second-order valence-electron chi connectivity index (χ2n) is 5.78. The van der Waals surface area contributed by atoms with Crippen molar-refractivity contribution in [3.8, 4) is 0 Å². The molecule has 0 radical (unpaired) electrons. The maximum absolute atomic E-state index is 12.1. The van der Waals surface area contributed by atoms with Crippen molar-refractivity contribution in [3.05, 3.63) is 54.1 Å². The molecule has 1 saturated heterocycles. The number of hydrogen-bond acceptors (Lipinski definition) is 4. The largest absolute Gasteiger partial charge is 0.376 e. The molecular weight excluding hydrogens is 306 g/mol. The van der Waals surface area contributed by atoms with Crippen molar-refractivity contribution in [2.24, 2.45) is 0 Å². The van der Waals surface area contributed by atoms with Crippen LogP contribution in [0.1, 0.15) is 17.8 Å². The Hall–Kier alpha value is -2.18. The summed E-state index contributed by atoms with van der Waals surface area (Å²) in [5, 5.41) is 2.88. The SMILES string of the molecule is O=C(NCc1nccn1CCCc1ccccc1)[C@H]1COCCO1. The van der Waals surface area contributed by atoms with Gasteiger partial charge in [0.25, 0.3) is 5.91 Å². The number of hydrogen-bond donors (Lipinski definition) is 1. The predicted octanol–water partition coefficient (Wildman–Crippen LogP) is 1.55. The highest BCUT2D eigenvalue weighted by atomic mass is 16.6. The van der Waals surface area contributed by atoms with Crippen LogP contribution in [0, 0.1) is 0 Å². The smallest absolute Gasteiger partial charge is 0.251 e. The van der Waals surface area contributed by atoms with E-state index < -0.39 is 6.10 Å². The van der Waals surface area contributed by atoms with Crippen LogP contribution in [0.2, 0.25) is 0 Å². The van der Waals surface area contributed by atoms with Crippen molar-refractivity contribution in [2.75, 3.05) is 19.8 Å². The van der Waals surface area contributed by atoms with Crippen molar-refractivity contribution in [1.29, 1.82) is 0 Å². The Balaban J connectivity index is 1.45. The van der Waals surface area contributed by atoms with Gasteiger partial charge in [0.15, 0.2) is 6.10 Å². The fourth-order valence-electron chi connectivity index (χ4n) is 2.73. The highest BCUT2D eigenvalue weighted by molar-refractivity contribution is 5.80. The molecule has 0 saturated carbocycles. The summed E-state index contributed by atoms with van der Waals surface area (Å²) in [5.74, 6) is 0.710. The molecule has 24 heavy (non-hydrogen) atoms. The second-order valence-corrected chi connectivity index (χ2v) is 5.78. The molecule has 6 heteroatoms. The van der Waals surface area contributed by atoms with E-state index in [1.54, 1.807) is 6.20 Å². The first-order valence-electron chi connectivity index (χ1n) is 8.34. The van der Waals surface area contributed by atoms with Crippen LogP contribution in [0.15, 0.2) is 42.7 Å². The number of amides is 1. The minimum atomic E-state index is -0.514. The van der Waals surface area contributed by atoms with Gasteiger partial charge >= 0.3 is 0 Å². The van der Waals surface area contributed by atoms with E-state index in [-0.39, 0.29) is 5.91 Å². The molecule has 0 bridgehead atoms. The molecule has 1 aliphatic heterocycles. The van der Waals surface area contributed by atoms with Crippen LogP contribution in [-0.4, -0.2) is 41.4 Å². The first-order valence-corrected chi connectivity index (χ1v) is 8.34. The number of carbonyl (C=O) groups excluding carboxylic acids is 1. The lowest BCUT2D eigenvalue weighted by atomic mass is 10.1. The van der Waals surface area contributed by atoms with Gasteiger partial charge in [0, 0.05) is 18.9 Å². The molecule has 1 amide bonds. The Morgan fingerprint density at radius 2 is 2.17 bits per heavy atom. The van der Waals surface area contributed by atoms with Gasteiger partial charge in [0.1, 0.15) is 5.82 Å². The Bertz CT molecular complexity index is 636. The van der Waals surface area contributed by atoms with Crippen LogP contribution in [0.5, 0.6) is 0 Å². The summed E-state index contributed by atoms with van der Waals surface area (Å²) in [6.07, 6.45) is 5.26. The van der Waals surface area contributed by atoms with Gasteiger partial charge in [-0.3, -0.25) is 4.79 Å². The first-order chi connectivity index (χ1) is 11.8. The Kier molecular flexibility index (Phi) is 5.98. The van der Waals surface area contributed by atoms with E-state index >= 15 is 0 Å². The number of benzene rings is 1. The van der Waals surface area contributed by atoms with Gasteiger partial charge in [-0.05, 0) is 18.4 Å². The lowest BCUT2D eigenvalue weighted by molar-refractivity contribution is -0.147. The van der Waals surface area contributed by atoms with Crippen LogP contribution < -0.4 is 5.32 Å². The molecule has 6 nitrogen and oxygen atoms in total. The molecule has 128 valence electrons. The zero-order valence-corrected chi connectivity index (χ0v) is 13.7. The number of imidazole rings is 1. The molecule has 1 aliphatic rings. The van der Waals surface area contributed by atoms with E-state index in [0.29, 0.717) is 26.4 Å². The summed E-state index contributed by atoms with van der Waals surface area (Å²) >= 11 is 0. The zero-order valence-electron chi connectivity index (χ0n) is 13.7. The van der Waals surface area contributed by atoms with Crippen LogP contribution >= 0.6 is 0 Å². The molecule has 0 unspecified atom stereocenters. The zero-order chi connectivity index (χ0) is 16.6. The van der Waals surface area contributed by atoms with Crippen molar-refractivity contribution in [3.63, 3.8) is 0 Å². The summed E-state index contributed by atoms with van der Waals surface area (Å²) in [4.78, 5) is 16.4. The van der Waals surface area contributed by atoms with Gasteiger partial charge in [-0.2, -0.15) is 0 Å². The lowest BCUT2D eigenvalue weighted by Crippen LogP contribution is -2.42. The van der Waals surface area contributed by atoms with Gasteiger partial charge in [-0.25, -0.2) is 4.98 Å². The minimum absolute atomic E-state index is 0.145. The van der Waals surface area contributed by atoms with E-state index in [2.05, 4.69) is 39.1 Å². The topological polar surface area (TPSA) is 65.4 Å². The fourth-order valence-corrected chi connectivity index (χ4v) is 2.73. The van der Waals surface area contributed by atoms with Crippen molar-refractivity contribution >= 4 is 5.91 Å². The molecule has 0 aliphatic carbocycles. The molecule has 1 fully saturated rings. The van der Waals surface area contributed by atoms with Gasteiger partial charge in [-0.15, -0.1) is 0 Å². The third kappa shape index (κ3) is 4.66. The molecule has 2 aromatic rings. The van der Waals surface area contributed by atoms with Crippen molar-refractivity contribution in [1.82, 2.24) is 14.9 Å². The number of ether oxygens (including phenoxy) is 2. The number of aryl methyl sites for hydroxylation is 2. The molecule has 1 atom stereocenters. The van der Waals surface area contributed by atoms with Crippen molar-refractivity contribution < 1.29 is 14.3 Å². The Labute approximate surface area is 141 Å². The van der Waals surface area contributed by atoms with E-state index in [1.165, 1.54) is 5.56 Å². The molecule has 2 heterocycles. The third-order valence-corrected chi connectivity index (χ3v) is 4.04. The standard InChI is InChI=1S/C18H23N3O3/c22-18(16-14-23-11-12-24-16)20-13-17-19-8-10-21(17)9-4-7-15-5-2-1-3-6-15/h1-3,5-6,8,10,16H,4,7,9,11-14H2,(H,20,22)/t16-/m1/s1.